The van der Waals surface area contributed by atoms with E-state index in [0.29, 0.717) is 25.2 Å². The highest BCUT2D eigenvalue weighted by atomic mass is 16.4. The minimum atomic E-state index is -0.944. The molecule has 1 amide bonds. The van der Waals surface area contributed by atoms with E-state index in [2.05, 4.69) is 36.3 Å². The molecule has 1 saturated heterocycles. The number of rotatable bonds is 6. The van der Waals surface area contributed by atoms with Gasteiger partial charge in [0.05, 0.1) is 17.9 Å². The molecule has 1 aromatic heterocycles. The molecule has 6 heteroatoms. The van der Waals surface area contributed by atoms with Gasteiger partial charge in [0, 0.05) is 19.5 Å². The minimum Gasteiger partial charge on any atom is -0.478 e. The average Bonchev–Trinajstić information content (AvgIpc) is 3.05. The van der Waals surface area contributed by atoms with E-state index in [-0.39, 0.29) is 17.5 Å². The van der Waals surface area contributed by atoms with Crippen molar-refractivity contribution in [1.29, 1.82) is 0 Å². The number of amides is 1. The Morgan fingerprint density at radius 2 is 1.81 bits per heavy atom. The van der Waals surface area contributed by atoms with E-state index in [9.17, 15) is 9.59 Å². The molecule has 0 atom stereocenters. The van der Waals surface area contributed by atoms with Crippen LogP contribution in [0.15, 0.2) is 30.5 Å². The van der Waals surface area contributed by atoms with Gasteiger partial charge in [-0.25, -0.2) is 4.79 Å². The lowest BCUT2D eigenvalue weighted by Gasteiger charge is -2.32. The molecule has 1 N–H and O–H groups in total. The maximum absolute atomic E-state index is 12.5. The van der Waals surface area contributed by atoms with Gasteiger partial charge >= 0.3 is 5.97 Å². The molecule has 6 nitrogen and oxygen atoms in total. The Morgan fingerprint density at radius 3 is 2.41 bits per heavy atom. The zero-order valence-corrected chi connectivity index (χ0v) is 16.0. The molecule has 1 aromatic carbocycles. The van der Waals surface area contributed by atoms with Crippen molar-refractivity contribution in [3.63, 3.8) is 0 Å². The van der Waals surface area contributed by atoms with Gasteiger partial charge in [0.1, 0.15) is 5.56 Å². The fourth-order valence-corrected chi connectivity index (χ4v) is 3.72. The molecule has 0 spiro atoms. The Balaban J connectivity index is 1.46. The Labute approximate surface area is 159 Å². The van der Waals surface area contributed by atoms with E-state index in [4.69, 9.17) is 5.11 Å². The molecule has 0 bridgehead atoms. The first-order valence-electron chi connectivity index (χ1n) is 9.56. The number of hydrogen-bond donors (Lipinski definition) is 1. The second kappa shape index (κ2) is 8.37. The standard InChI is InChI=1S/C21H27N3O3/c1-15-6-8-17(9-7-15)4-3-5-20(25)23-12-10-18(11-13-23)24-16(2)19(14-22-24)21(26)27/h6-9,14,18H,3-5,10-13H2,1-2H3,(H,26,27). The monoisotopic (exact) mass is 369 g/mol. The van der Waals surface area contributed by atoms with Crippen molar-refractivity contribution in [1.82, 2.24) is 14.7 Å². The second-order valence-corrected chi connectivity index (χ2v) is 7.34. The van der Waals surface area contributed by atoms with Crippen molar-refractivity contribution >= 4 is 11.9 Å². The second-order valence-electron chi connectivity index (χ2n) is 7.34. The highest BCUT2D eigenvalue weighted by Crippen LogP contribution is 2.25. The largest absolute Gasteiger partial charge is 0.478 e. The van der Waals surface area contributed by atoms with Crippen molar-refractivity contribution in [2.75, 3.05) is 13.1 Å². The number of likely N-dealkylation sites (tertiary alicyclic amines) is 1. The third kappa shape index (κ3) is 4.56. The lowest BCUT2D eigenvalue weighted by Crippen LogP contribution is -2.39. The number of carboxylic acids is 1. The van der Waals surface area contributed by atoms with Crippen LogP contribution in [0.5, 0.6) is 0 Å². The first-order valence-corrected chi connectivity index (χ1v) is 9.56. The van der Waals surface area contributed by atoms with E-state index in [1.54, 1.807) is 6.92 Å². The smallest absolute Gasteiger partial charge is 0.339 e. The van der Waals surface area contributed by atoms with Crippen molar-refractivity contribution in [2.24, 2.45) is 0 Å². The third-order valence-corrected chi connectivity index (χ3v) is 5.41. The Morgan fingerprint density at radius 1 is 1.15 bits per heavy atom. The fourth-order valence-electron chi connectivity index (χ4n) is 3.72. The lowest BCUT2D eigenvalue weighted by molar-refractivity contribution is -0.132. The zero-order chi connectivity index (χ0) is 19.4. The van der Waals surface area contributed by atoms with Crippen LogP contribution in [-0.4, -0.2) is 44.8 Å². The van der Waals surface area contributed by atoms with E-state index in [1.807, 2.05) is 9.58 Å². The number of piperidine rings is 1. The van der Waals surface area contributed by atoms with Crippen LogP contribution >= 0.6 is 0 Å². The van der Waals surface area contributed by atoms with Crippen molar-refractivity contribution < 1.29 is 14.7 Å². The number of nitrogens with zero attached hydrogens (tertiary/aromatic N) is 3. The quantitative estimate of drug-likeness (QED) is 0.847. The van der Waals surface area contributed by atoms with Crippen LogP contribution in [-0.2, 0) is 11.2 Å². The molecule has 0 radical (unpaired) electrons. The average molecular weight is 369 g/mol. The highest BCUT2D eigenvalue weighted by molar-refractivity contribution is 5.88. The summed E-state index contributed by atoms with van der Waals surface area (Å²) in [7, 11) is 0. The number of carboxylic acid groups (broad SMARTS) is 1. The molecule has 3 rings (SSSR count). The van der Waals surface area contributed by atoms with Crippen LogP contribution in [0.3, 0.4) is 0 Å². The van der Waals surface area contributed by atoms with Gasteiger partial charge in [-0.2, -0.15) is 5.10 Å². The van der Waals surface area contributed by atoms with Crippen LogP contribution in [0.4, 0.5) is 0 Å². The molecular weight excluding hydrogens is 342 g/mol. The minimum absolute atomic E-state index is 0.162. The number of aromatic nitrogens is 2. The number of benzene rings is 1. The van der Waals surface area contributed by atoms with Gasteiger partial charge in [-0.3, -0.25) is 9.48 Å². The van der Waals surface area contributed by atoms with Crippen molar-refractivity contribution in [3.8, 4) is 0 Å². The predicted molar refractivity (Wildman–Crippen MR) is 103 cm³/mol. The molecule has 0 unspecified atom stereocenters. The molecule has 1 aliphatic rings. The topological polar surface area (TPSA) is 75.4 Å². The number of hydrogen-bond acceptors (Lipinski definition) is 3. The normalized spacial score (nSPS) is 15.1. The van der Waals surface area contributed by atoms with Crippen LogP contribution in [0, 0.1) is 13.8 Å². The zero-order valence-electron chi connectivity index (χ0n) is 16.0. The molecule has 2 aromatic rings. The third-order valence-electron chi connectivity index (χ3n) is 5.41. The molecule has 0 aliphatic carbocycles. The van der Waals surface area contributed by atoms with E-state index < -0.39 is 5.97 Å². The van der Waals surface area contributed by atoms with Gasteiger partial charge in [-0.05, 0) is 45.1 Å². The summed E-state index contributed by atoms with van der Waals surface area (Å²) in [6, 6.07) is 8.63. The van der Waals surface area contributed by atoms with Gasteiger partial charge in [-0.1, -0.05) is 29.8 Å². The fraction of sp³-hybridized carbons (Fsp3) is 0.476. The van der Waals surface area contributed by atoms with Gasteiger partial charge in [0.25, 0.3) is 0 Å². The molecule has 2 heterocycles. The van der Waals surface area contributed by atoms with Crippen molar-refractivity contribution in [2.45, 2.75) is 52.0 Å². The summed E-state index contributed by atoms with van der Waals surface area (Å²) in [4.78, 5) is 25.6. The maximum atomic E-state index is 12.5. The summed E-state index contributed by atoms with van der Waals surface area (Å²) in [5, 5.41) is 13.4. The van der Waals surface area contributed by atoms with E-state index in [1.165, 1.54) is 17.3 Å². The molecular formula is C21H27N3O3. The van der Waals surface area contributed by atoms with Crippen LogP contribution in [0.2, 0.25) is 0 Å². The number of aromatic carboxylic acids is 1. The van der Waals surface area contributed by atoms with Crippen molar-refractivity contribution in [3.05, 3.63) is 52.8 Å². The molecule has 1 fully saturated rings. The maximum Gasteiger partial charge on any atom is 0.339 e. The summed E-state index contributed by atoms with van der Waals surface area (Å²) in [5.41, 5.74) is 3.46. The van der Waals surface area contributed by atoms with Gasteiger partial charge < -0.3 is 10.0 Å². The summed E-state index contributed by atoms with van der Waals surface area (Å²) in [6.45, 7) is 5.27. The first-order chi connectivity index (χ1) is 13.0. The highest BCUT2D eigenvalue weighted by Gasteiger charge is 2.26. The molecule has 1 aliphatic heterocycles. The SMILES string of the molecule is Cc1ccc(CCCC(=O)N2CCC(n3ncc(C(=O)O)c3C)CC2)cc1. The predicted octanol–water partition coefficient (Wildman–Crippen LogP) is 3.38. The van der Waals surface area contributed by atoms with E-state index in [0.717, 1.165) is 25.7 Å². The molecule has 144 valence electrons. The Kier molecular flexibility index (Phi) is 5.94. The van der Waals surface area contributed by atoms with Crippen LogP contribution in [0.1, 0.15) is 58.9 Å². The van der Waals surface area contributed by atoms with Gasteiger partial charge in [0.2, 0.25) is 5.91 Å². The van der Waals surface area contributed by atoms with E-state index >= 15 is 0 Å². The molecule has 27 heavy (non-hydrogen) atoms. The van der Waals surface area contributed by atoms with Crippen LogP contribution < -0.4 is 0 Å². The van der Waals surface area contributed by atoms with Gasteiger partial charge in [-0.15, -0.1) is 0 Å². The number of carbonyl (C=O) groups is 2. The lowest BCUT2D eigenvalue weighted by atomic mass is 10.0. The summed E-state index contributed by atoms with van der Waals surface area (Å²) in [5.74, 6) is -0.732. The first kappa shape index (κ1) is 19.1. The van der Waals surface area contributed by atoms with Gasteiger partial charge in [0.15, 0.2) is 0 Å². The summed E-state index contributed by atoms with van der Waals surface area (Å²) >= 11 is 0. The number of aryl methyl sites for hydroxylation is 2. The Hall–Kier alpha value is -2.63. The van der Waals surface area contributed by atoms with Crippen LogP contribution in [0.25, 0.3) is 0 Å². The summed E-state index contributed by atoms with van der Waals surface area (Å²) in [6.07, 6.45) is 5.40. The summed E-state index contributed by atoms with van der Waals surface area (Å²) < 4.78 is 1.81. The molecule has 0 saturated carbocycles. The Bertz CT molecular complexity index is 803. The number of carbonyl (C=O) groups excluding carboxylic acids is 1.